The van der Waals surface area contributed by atoms with Gasteiger partial charge in [-0.05, 0) is 41.8 Å². The van der Waals surface area contributed by atoms with Gasteiger partial charge in [0.1, 0.15) is 5.75 Å². The van der Waals surface area contributed by atoms with E-state index in [0.29, 0.717) is 6.54 Å². The van der Waals surface area contributed by atoms with E-state index in [1.165, 1.54) is 17.7 Å². The molecule has 0 amide bonds. The van der Waals surface area contributed by atoms with Crippen LogP contribution in [-0.4, -0.2) is 6.36 Å². The number of aryl methyl sites for hydroxylation is 1. The Morgan fingerprint density at radius 2 is 1.48 bits per heavy atom. The molecule has 0 bridgehead atoms. The molecular formula is C16H16F3NO. The molecule has 112 valence electrons. The highest BCUT2D eigenvalue weighted by Gasteiger charge is 2.30. The van der Waals surface area contributed by atoms with E-state index in [9.17, 15) is 13.2 Å². The van der Waals surface area contributed by atoms with E-state index in [1.54, 1.807) is 12.1 Å². The standard InChI is InChI=1S/C16H16F3NO/c1-2-12-3-5-13(6-4-12)11-20-14-7-9-15(10-8-14)21-16(17,18)19/h3-10,20H,2,11H2,1H3. The van der Waals surface area contributed by atoms with Gasteiger partial charge in [0.25, 0.3) is 0 Å². The van der Waals surface area contributed by atoms with Gasteiger partial charge in [0, 0.05) is 12.2 Å². The molecule has 2 aromatic rings. The summed E-state index contributed by atoms with van der Waals surface area (Å²) < 4.78 is 39.9. The van der Waals surface area contributed by atoms with Crippen molar-refractivity contribution in [3.63, 3.8) is 0 Å². The lowest BCUT2D eigenvalue weighted by molar-refractivity contribution is -0.274. The topological polar surface area (TPSA) is 21.3 Å². The van der Waals surface area contributed by atoms with Gasteiger partial charge in [0.05, 0.1) is 0 Å². The summed E-state index contributed by atoms with van der Waals surface area (Å²) >= 11 is 0. The van der Waals surface area contributed by atoms with Gasteiger partial charge in [-0.3, -0.25) is 0 Å². The molecule has 5 heteroatoms. The normalized spacial score (nSPS) is 11.2. The first-order chi connectivity index (χ1) is 9.96. The highest BCUT2D eigenvalue weighted by Crippen LogP contribution is 2.24. The number of hydrogen-bond acceptors (Lipinski definition) is 2. The smallest absolute Gasteiger partial charge is 0.406 e. The molecule has 2 rings (SSSR count). The van der Waals surface area contributed by atoms with Crippen molar-refractivity contribution in [3.05, 3.63) is 59.7 Å². The molecule has 2 aromatic carbocycles. The average molecular weight is 295 g/mol. The zero-order chi connectivity index (χ0) is 15.3. The van der Waals surface area contributed by atoms with Crippen LogP contribution in [-0.2, 0) is 13.0 Å². The van der Waals surface area contributed by atoms with Crippen molar-refractivity contribution >= 4 is 5.69 Å². The van der Waals surface area contributed by atoms with E-state index in [1.807, 2.05) is 12.1 Å². The van der Waals surface area contributed by atoms with Crippen molar-refractivity contribution in [2.75, 3.05) is 5.32 Å². The van der Waals surface area contributed by atoms with Crippen LogP contribution >= 0.6 is 0 Å². The van der Waals surface area contributed by atoms with Gasteiger partial charge in [-0.2, -0.15) is 0 Å². The summed E-state index contributed by atoms with van der Waals surface area (Å²) in [7, 11) is 0. The lowest BCUT2D eigenvalue weighted by atomic mass is 10.1. The number of nitrogens with one attached hydrogen (secondary N) is 1. The van der Waals surface area contributed by atoms with E-state index in [2.05, 4.69) is 29.1 Å². The molecule has 0 atom stereocenters. The Balaban J connectivity index is 1.91. The Labute approximate surface area is 121 Å². The highest BCUT2D eigenvalue weighted by atomic mass is 19.4. The van der Waals surface area contributed by atoms with Crippen LogP contribution < -0.4 is 10.1 Å². The summed E-state index contributed by atoms with van der Waals surface area (Å²) in [6.45, 7) is 2.71. The van der Waals surface area contributed by atoms with Crippen LogP contribution in [0.2, 0.25) is 0 Å². The first-order valence-corrected chi connectivity index (χ1v) is 6.64. The second-order valence-electron chi connectivity index (χ2n) is 4.60. The van der Waals surface area contributed by atoms with Crippen LogP contribution in [0, 0.1) is 0 Å². The van der Waals surface area contributed by atoms with Crippen molar-refractivity contribution in [1.82, 2.24) is 0 Å². The Kier molecular flexibility index (Phi) is 4.73. The molecule has 21 heavy (non-hydrogen) atoms. The molecule has 0 aliphatic heterocycles. The van der Waals surface area contributed by atoms with Gasteiger partial charge in [-0.25, -0.2) is 0 Å². The van der Waals surface area contributed by atoms with Gasteiger partial charge in [-0.15, -0.1) is 13.2 Å². The monoisotopic (exact) mass is 295 g/mol. The summed E-state index contributed by atoms with van der Waals surface area (Å²) in [6.07, 6.45) is -3.66. The molecule has 1 N–H and O–H groups in total. The third kappa shape index (κ3) is 5.02. The van der Waals surface area contributed by atoms with Crippen LogP contribution in [0.4, 0.5) is 18.9 Å². The number of rotatable bonds is 5. The predicted octanol–water partition coefficient (Wildman–Crippen LogP) is 4.76. The molecule has 0 heterocycles. The minimum absolute atomic E-state index is 0.222. The number of benzene rings is 2. The molecule has 0 radical (unpaired) electrons. The maximum Gasteiger partial charge on any atom is 0.573 e. The second-order valence-corrected chi connectivity index (χ2v) is 4.60. The van der Waals surface area contributed by atoms with Crippen LogP contribution in [0.3, 0.4) is 0 Å². The SMILES string of the molecule is CCc1ccc(CNc2ccc(OC(F)(F)F)cc2)cc1. The third-order valence-corrected chi connectivity index (χ3v) is 3.02. The van der Waals surface area contributed by atoms with Gasteiger partial charge in [0.2, 0.25) is 0 Å². The van der Waals surface area contributed by atoms with E-state index >= 15 is 0 Å². The fourth-order valence-electron chi connectivity index (χ4n) is 1.87. The van der Waals surface area contributed by atoms with E-state index in [4.69, 9.17) is 0 Å². The Morgan fingerprint density at radius 1 is 0.905 bits per heavy atom. The summed E-state index contributed by atoms with van der Waals surface area (Å²) in [4.78, 5) is 0. The number of hydrogen-bond donors (Lipinski definition) is 1. The Morgan fingerprint density at radius 3 is 2.00 bits per heavy atom. The summed E-state index contributed by atoms with van der Waals surface area (Å²) in [5.41, 5.74) is 3.12. The van der Waals surface area contributed by atoms with Crippen LogP contribution in [0.25, 0.3) is 0 Å². The Hall–Kier alpha value is -2.17. The van der Waals surface area contributed by atoms with Crippen LogP contribution in [0.1, 0.15) is 18.1 Å². The minimum Gasteiger partial charge on any atom is -0.406 e. The van der Waals surface area contributed by atoms with E-state index < -0.39 is 6.36 Å². The molecule has 0 saturated carbocycles. The van der Waals surface area contributed by atoms with Gasteiger partial charge >= 0.3 is 6.36 Å². The van der Waals surface area contributed by atoms with Crippen molar-refractivity contribution in [3.8, 4) is 5.75 Å². The molecule has 0 aliphatic rings. The number of ether oxygens (including phenoxy) is 1. The molecule has 0 spiro atoms. The fourth-order valence-corrected chi connectivity index (χ4v) is 1.87. The molecule has 0 aromatic heterocycles. The largest absolute Gasteiger partial charge is 0.573 e. The number of alkyl halides is 3. The second kappa shape index (κ2) is 6.52. The molecule has 0 aliphatic carbocycles. The third-order valence-electron chi connectivity index (χ3n) is 3.02. The van der Waals surface area contributed by atoms with Gasteiger partial charge < -0.3 is 10.1 Å². The summed E-state index contributed by atoms with van der Waals surface area (Å²) in [5.74, 6) is -0.222. The zero-order valence-electron chi connectivity index (χ0n) is 11.6. The quantitative estimate of drug-likeness (QED) is 0.858. The maximum absolute atomic E-state index is 12.0. The number of halogens is 3. The number of anilines is 1. The molecule has 0 saturated heterocycles. The van der Waals surface area contributed by atoms with Crippen molar-refractivity contribution in [2.24, 2.45) is 0 Å². The van der Waals surface area contributed by atoms with E-state index in [0.717, 1.165) is 17.7 Å². The Bertz CT molecular complexity index is 562. The molecule has 2 nitrogen and oxygen atoms in total. The van der Waals surface area contributed by atoms with Gasteiger partial charge in [-0.1, -0.05) is 31.2 Å². The first kappa shape index (κ1) is 15.2. The van der Waals surface area contributed by atoms with Crippen molar-refractivity contribution in [1.29, 1.82) is 0 Å². The van der Waals surface area contributed by atoms with Crippen molar-refractivity contribution < 1.29 is 17.9 Å². The minimum atomic E-state index is -4.66. The molecule has 0 unspecified atom stereocenters. The predicted molar refractivity (Wildman–Crippen MR) is 76.3 cm³/mol. The average Bonchev–Trinajstić information content (AvgIpc) is 2.45. The highest BCUT2D eigenvalue weighted by molar-refractivity contribution is 5.46. The molecule has 0 fully saturated rings. The van der Waals surface area contributed by atoms with Gasteiger partial charge in [0.15, 0.2) is 0 Å². The molecular weight excluding hydrogens is 279 g/mol. The maximum atomic E-state index is 12.0. The lowest BCUT2D eigenvalue weighted by Crippen LogP contribution is -2.17. The first-order valence-electron chi connectivity index (χ1n) is 6.64. The van der Waals surface area contributed by atoms with Crippen LogP contribution in [0.15, 0.2) is 48.5 Å². The van der Waals surface area contributed by atoms with Crippen LogP contribution in [0.5, 0.6) is 5.75 Å². The van der Waals surface area contributed by atoms with E-state index in [-0.39, 0.29) is 5.75 Å². The summed E-state index contributed by atoms with van der Waals surface area (Å²) in [5, 5.41) is 3.15. The van der Waals surface area contributed by atoms with Crippen molar-refractivity contribution in [2.45, 2.75) is 26.3 Å². The summed E-state index contributed by atoms with van der Waals surface area (Å²) in [6, 6.07) is 13.9. The lowest BCUT2D eigenvalue weighted by Gasteiger charge is -2.10. The zero-order valence-corrected chi connectivity index (χ0v) is 11.6. The fraction of sp³-hybridized carbons (Fsp3) is 0.250.